The number of hydrogen-bond donors (Lipinski definition) is 0. The molecule has 0 radical (unpaired) electrons. The van der Waals surface area contributed by atoms with Crippen molar-refractivity contribution >= 4 is 11.7 Å². The first-order valence-corrected chi connectivity index (χ1v) is 6.80. The van der Waals surface area contributed by atoms with Gasteiger partial charge in [0, 0.05) is 38.4 Å². The normalized spacial score (nSPS) is 16.4. The van der Waals surface area contributed by atoms with Gasteiger partial charge in [-0.25, -0.2) is 0 Å². The molecule has 0 amide bonds. The van der Waals surface area contributed by atoms with Gasteiger partial charge in [-0.05, 0) is 24.6 Å². The first-order valence-electron chi connectivity index (χ1n) is 6.80. The van der Waals surface area contributed by atoms with Crippen LogP contribution in [-0.2, 0) is 9.53 Å². The summed E-state index contributed by atoms with van der Waals surface area (Å²) < 4.78 is 4.67. The molecule has 2 rings (SSSR count). The first kappa shape index (κ1) is 13.9. The minimum atomic E-state index is -0.124. The lowest BCUT2D eigenvalue weighted by Gasteiger charge is -2.36. The van der Waals surface area contributed by atoms with E-state index in [-0.39, 0.29) is 5.97 Å². The molecule has 0 aliphatic carbocycles. The highest BCUT2D eigenvalue weighted by atomic mass is 16.5. The average Bonchev–Trinajstić information content (AvgIpc) is 2.45. The fraction of sp³-hybridized carbons (Fsp3) is 0.533. The lowest BCUT2D eigenvalue weighted by atomic mass is 10.2. The number of hydrogen-bond acceptors (Lipinski definition) is 4. The zero-order valence-corrected chi connectivity index (χ0v) is 11.8. The summed E-state index contributed by atoms with van der Waals surface area (Å²) in [5, 5.41) is 0. The van der Waals surface area contributed by atoms with E-state index in [1.807, 2.05) is 0 Å². The Morgan fingerprint density at radius 2 is 2.00 bits per heavy atom. The van der Waals surface area contributed by atoms with Crippen molar-refractivity contribution in [1.82, 2.24) is 4.90 Å². The largest absolute Gasteiger partial charge is 0.469 e. The second-order valence-electron chi connectivity index (χ2n) is 4.99. The third-order valence-electron chi connectivity index (χ3n) is 3.60. The number of rotatable bonds is 4. The van der Waals surface area contributed by atoms with Crippen LogP contribution in [0.2, 0.25) is 0 Å². The maximum atomic E-state index is 11.1. The number of aryl methyl sites for hydroxylation is 1. The monoisotopic (exact) mass is 262 g/mol. The van der Waals surface area contributed by atoms with Crippen molar-refractivity contribution in [2.45, 2.75) is 13.3 Å². The van der Waals surface area contributed by atoms with E-state index in [0.717, 1.165) is 32.7 Å². The van der Waals surface area contributed by atoms with E-state index < -0.39 is 0 Å². The van der Waals surface area contributed by atoms with Crippen molar-refractivity contribution < 1.29 is 9.53 Å². The zero-order valence-electron chi connectivity index (χ0n) is 11.8. The molecule has 4 heteroatoms. The van der Waals surface area contributed by atoms with E-state index in [2.05, 4.69) is 45.7 Å². The van der Waals surface area contributed by atoms with Crippen molar-refractivity contribution in [1.29, 1.82) is 0 Å². The van der Waals surface area contributed by atoms with E-state index in [4.69, 9.17) is 0 Å². The number of nitrogens with zero attached hydrogens (tertiary/aromatic N) is 2. The fourth-order valence-electron chi connectivity index (χ4n) is 2.41. The molecule has 1 aromatic rings. The maximum Gasteiger partial charge on any atom is 0.306 e. The smallest absolute Gasteiger partial charge is 0.306 e. The molecule has 4 nitrogen and oxygen atoms in total. The minimum absolute atomic E-state index is 0.124. The van der Waals surface area contributed by atoms with Gasteiger partial charge in [0.2, 0.25) is 0 Å². The van der Waals surface area contributed by atoms with E-state index in [1.54, 1.807) is 0 Å². The van der Waals surface area contributed by atoms with E-state index >= 15 is 0 Å². The number of carbonyl (C=O) groups excluding carboxylic acids is 1. The van der Waals surface area contributed by atoms with Crippen molar-refractivity contribution in [2.75, 3.05) is 44.7 Å². The molecule has 0 aromatic heterocycles. The highest BCUT2D eigenvalue weighted by molar-refractivity contribution is 5.69. The van der Waals surface area contributed by atoms with E-state index in [1.165, 1.54) is 18.4 Å². The minimum Gasteiger partial charge on any atom is -0.469 e. The fourth-order valence-corrected chi connectivity index (χ4v) is 2.41. The number of anilines is 1. The highest BCUT2D eigenvalue weighted by Gasteiger charge is 2.17. The summed E-state index contributed by atoms with van der Waals surface area (Å²) in [5.41, 5.74) is 2.60. The molecule has 0 atom stereocenters. The molecule has 1 heterocycles. The Bertz CT molecular complexity index is 426. The Morgan fingerprint density at radius 3 is 2.63 bits per heavy atom. The summed E-state index contributed by atoms with van der Waals surface area (Å²) in [6.07, 6.45) is 0.487. The second-order valence-corrected chi connectivity index (χ2v) is 4.99. The molecule has 104 valence electrons. The molecule has 1 fully saturated rings. The number of benzene rings is 1. The quantitative estimate of drug-likeness (QED) is 0.773. The SMILES string of the molecule is COC(=O)CCN1CCN(c2cccc(C)c2)CC1. The summed E-state index contributed by atoms with van der Waals surface area (Å²) in [4.78, 5) is 15.8. The van der Waals surface area contributed by atoms with Crippen LogP contribution in [0.25, 0.3) is 0 Å². The maximum absolute atomic E-state index is 11.1. The van der Waals surface area contributed by atoms with Gasteiger partial charge in [0.15, 0.2) is 0 Å². The van der Waals surface area contributed by atoms with Crippen LogP contribution in [-0.4, -0.2) is 50.7 Å². The highest BCUT2D eigenvalue weighted by Crippen LogP contribution is 2.17. The van der Waals surface area contributed by atoms with Crippen LogP contribution in [0.15, 0.2) is 24.3 Å². The van der Waals surface area contributed by atoms with Crippen LogP contribution in [0.3, 0.4) is 0 Å². The van der Waals surface area contributed by atoms with Gasteiger partial charge in [-0.15, -0.1) is 0 Å². The topological polar surface area (TPSA) is 32.8 Å². The van der Waals surface area contributed by atoms with Gasteiger partial charge in [0.1, 0.15) is 0 Å². The number of carbonyl (C=O) groups is 1. The zero-order chi connectivity index (χ0) is 13.7. The Morgan fingerprint density at radius 1 is 1.26 bits per heavy atom. The lowest BCUT2D eigenvalue weighted by molar-refractivity contribution is -0.141. The molecule has 0 N–H and O–H groups in total. The molecule has 19 heavy (non-hydrogen) atoms. The van der Waals surface area contributed by atoms with Crippen LogP contribution in [0.1, 0.15) is 12.0 Å². The first-order chi connectivity index (χ1) is 9.19. The number of ether oxygens (including phenoxy) is 1. The van der Waals surface area contributed by atoms with Gasteiger partial charge in [-0.3, -0.25) is 9.69 Å². The summed E-state index contributed by atoms with van der Waals surface area (Å²) >= 11 is 0. The molecule has 1 aromatic carbocycles. The van der Waals surface area contributed by atoms with Crippen molar-refractivity contribution in [3.63, 3.8) is 0 Å². The molecule has 0 unspecified atom stereocenters. The van der Waals surface area contributed by atoms with Gasteiger partial charge in [0.05, 0.1) is 13.5 Å². The Kier molecular flexibility index (Phi) is 4.80. The van der Waals surface area contributed by atoms with Crippen LogP contribution in [0.5, 0.6) is 0 Å². The van der Waals surface area contributed by atoms with E-state index in [9.17, 15) is 4.79 Å². The van der Waals surface area contributed by atoms with Crippen LogP contribution >= 0.6 is 0 Å². The molecule has 0 saturated carbocycles. The van der Waals surface area contributed by atoms with Crippen molar-refractivity contribution in [2.24, 2.45) is 0 Å². The predicted molar refractivity (Wildman–Crippen MR) is 76.5 cm³/mol. The molecule has 1 aliphatic rings. The summed E-state index contributed by atoms with van der Waals surface area (Å²) in [6.45, 7) is 6.97. The van der Waals surface area contributed by atoms with Crippen LogP contribution in [0, 0.1) is 6.92 Å². The average molecular weight is 262 g/mol. The standard InChI is InChI=1S/C15H22N2O2/c1-13-4-3-5-14(12-13)17-10-8-16(9-11-17)7-6-15(18)19-2/h3-5,12H,6-11H2,1-2H3. The Balaban J connectivity index is 1.81. The molecule has 1 aliphatic heterocycles. The number of esters is 1. The summed E-state index contributed by atoms with van der Waals surface area (Å²) in [5.74, 6) is -0.124. The van der Waals surface area contributed by atoms with E-state index in [0.29, 0.717) is 6.42 Å². The van der Waals surface area contributed by atoms with Gasteiger partial charge in [0.25, 0.3) is 0 Å². The second kappa shape index (κ2) is 6.57. The molecule has 0 bridgehead atoms. The Labute approximate surface area is 115 Å². The van der Waals surface area contributed by atoms with Crippen molar-refractivity contribution in [3.8, 4) is 0 Å². The molecule has 1 saturated heterocycles. The summed E-state index contributed by atoms with van der Waals surface area (Å²) in [7, 11) is 1.44. The third kappa shape index (κ3) is 3.96. The number of methoxy groups -OCH3 is 1. The van der Waals surface area contributed by atoms with Crippen LogP contribution in [0.4, 0.5) is 5.69 Å². The van der Waals surface area contributed by atoms with Gasteiger partial charge in [-0.2, -0.15) is 0 Å². The summed E-state index contributed by atoms with van der Waals surface area (Å²) in [6, 6.07) is 8.62. The molecule has 0 spiro atoms. The van der Waals surface area contributed by atoms with Gasteiger partial charge in [-0.1, -0.05) is 12.1 Å². The number of piperazine rings is 1. The van der Waals surface area contributed by atoms with Gasteiger partial charge < -0.3 is 9.64 Å². The molecular weight excluding hydrogens is 240 g/mol. The predicted octanol–water partition coefficient (Wildman–Crippen LogP) is 1.68. The lowest BCUT2D eigenvalue weighted by Crippen LogP contribution is -2.47. The van der Waals surface area contributed by atoms with Gasteiger partial charge >= 0.3 is 5.97 Å². The van der Waals surface area contributed by atoms with Crippen molar-refractivity contribution in [3.05, 3.63) is 29.8 Å². The molecular formula is C15H22N2O2. The Hall–Kier alpha value is -1.55. The third-order valence-corrected chi connectivity index (χ3v) is 3.60. The van der Waals surface area contributed by atoms with Crippen LogP contribution < -0.4 is 4.90 Å².